The Labute approximate surface area is 188 Å². The molecule has 0 aromatic heterocycles. The highest BCUT2D eigenvalue weighted by Crippen LogP contribution is 2.41. The number of carbonyl (C=O) groups excluding carboxylic acids is 1. The van der Waals surface area contributed by atoms with Gasteiger partial charge in [0, 0.05) is 18.6 Å². The van der Waals surface area contributed by atoms with Crippen molar-refractivity contribution in [2.75, 3.05) is 6.54 Å². The number of rotatable bonds is 8. The molecule has 3 nitrogen and oxygen atoms in total. The van der Waals surface area contributed by atoms with Crippen molar-refractivity contribution in [1.82, 2.24) is 4.90 Å². The van der Waals surface area contributed by atoms with E-state index in [1.54, 1.807) is 0 Å². The minimum atomic E-state index is -0.479. The van der Waals surface area contributed by atoms with Crippen molar-refractivity contribution in [3.63, 3.8) is 0 Å². The molecule has 0 N–H and O–H groups in total. The molecule has 0 bridgehead atoms. The summed E-state index contributed by atoms with van der Waals surface area (Å²) in [6.07, 6.45) is 4.83. The molecule has 3 heteroatoms. The second-order valence-corrected chi connectivity index (χ2v) is 9.73. The Morgan fingerprint density at radius 3 is 2.29 bits per heavy atom. The van der Waals surface area contributed by atoms with Gasteiger partial charge in [-0.2, -0.15) is 0 Å². The van der Waals surface area contributed by atoms with E-state index in [1.807, 2.05) is 32.9 Å². The Kier molecular flexibility index (Phi) is 7.72. The highest BCUT2D eigenvalue weighted by molar-refractivity contribution is 5.74. The van der Waals surface area contributed by atoms with E-state index in [-0.39, 0.29) is 24.0 Å². The molecule has 0 aliphatic heterocycles. The summed E-state index contributed by atoms with van der Waals surface area (Å²) in [5, 5.41) is 0. The van der Waals surface area contributed by atoms with Crippen molar-refractivity contribution >= 4 is 5.97 Å². The molecule has 3 rings (SSSR count). The quantitative estimate of drug-likeness (QED) is 0.376. The van der Waals surface area contributed by atoms with Crippen LogP contribution in [0.4, 0.5) is 0 Å². The van der Waals surface area contributed by atoms with Crippen LogP contribution in [0.3, 0.4) is 0 Å². The van der Waals surface area contributed by atoms with Crippen molar-refractivity contribution in [2.24, 2.45) is 11.8 Å². The number of benzene rings is 2. The zero-order chi connectivity index (χ0) is 22.4. The summed E-state index contributed by atoms with van der Waals surface area (Å²) in [5.74, 6) is 0.201. The Balaban J connectivity index is 1.94. The van der Waals surface area contributed by atoms with E-state index in [2.05, 4.69) is 73.0 Å². The van der Waals surface area contributed by atoms with Gasteiger partial charge in [-0.1, -0.05) is 66.7 Å². The number of hydrogen-bond acceptors (Lipinski definition) is 3. The van der Waals surface area contributed by atoms with Crippen molar-refractivity contribution in [3.05, 3.63) is 84.4 Å². The molecule has 1 fully saturated rings. The summed E-state index contributed by atoms with van der Waals surface area (Å²) < 4.78 is 5.87. The maximum Gasteiger partial charge on any atom is 0.311 e. The normalized spacial score (nSPS) is 22.3. The van der Waals surface area contributed by atoms with Crippen molar-refractivity contribution in [3.8, 4) is 0 Å². The summed E-state index contributed by atoms with van der Waals surface area (Å²) >= 11 is 0. The highest BCUT2D eigenvalue weighted by Gasteiger charge is 2.46. The van der Waals surface area contributed by atoms with Crippen molar-refractivity contribution in [2.45, 2.75) is 64.6 Å². The van der Waals surface area contributed by atoms with Gasteiger partial charge in [0.15, 0.2) is 0 Å². The minimum Gasteiger partial charge on any atom is -0.460 e. The van der Waals surface area contributed by atoms with E-state index in [0.717, 1.165) is 25.8 Å². The van der Waals surface area contributed by atoms with Crippen LogP contribution in [0.5, 0.6) is 0 Å². The van der Waals surface area contributed by atoms with E-state index in [9.17, 15) is 4.79 Å². The highest BCUT2D eigenvalue weighted by atomic mass is 16.6. The second-order valence-electron chi connectivity index (χ2n) is 9.73. The fourth-order valence-corrected chi connectivity index (χ4v) is 4.95. The lowest BCUT2D eigenvalue weighted by atomic mass is 9.88. The third-order valence-corrected chi connectivity index (χ3v) is 6.30. The smallest absolute Gasteiger partial charge is 0.311 e. The molecule has 0 saturated heterocycles. The van der Waals surface area contributed by atoms with Gasteiger partial charge in [-0.25, -0.2) is 0 Å². The SMILES string of the molecule is C=CCN([C@H]1[C@H](Cc2ccccc2)CC[C@H]1C(=O)OC(C)(C)C)[C@@H](C)c1ccccc1. The van der Waals surface area contributed by atoms with Gasteiger partial charge in [-0.15, -0.1) is 6.58 Å². The average molecular weight is 420 g/mol. The molecular formula is C28H37NO2. The van der Waals surface area contributed by atoms with E-state index >= 15 is 0 Å². The summed E-state index contributed by atoms with van der Waals surface area (Å²) in [5.41, 5.74) is 2.11. The number of nitrogens with zero attached hydrogens (tertiary/aromatic N) is 1. The van der Waals surface area contributed by atoms with Crippen LogP contribution < -0.4 is 0 Å². The molecule has 2 aromatic carbocycles. The standard InChI is InChI=1S/C28H37NO2/c1-6-19-29(21(2)23-15-11-8-12-16-23)26-24(20-22-13-9-7-10-14-22)17-18-25(26)27(30)31-28(3,4)5/h6-16,21,24-26H,1,17-20H2,2-5H3/t21-,24-,25+,26-/m0/s1. The van der Waals surface area contributed by atoms with Crippen LogP contribution in [0.1, 0.15) is 57.7 Å². The van der Waals surface area contributed by atoms with Gasteiger partial charge in [0.2, 0.25) is 0 Å². The van der Waals surface area contributed by atoms with E-state index in [1.165, 1.54) is 11.1 Å². The van der Waals surface area contributed by atoms with Gasteiger partial charge in [0.05, 0.1) is 5.92 Å². The molecule has 4 atom stereocenters. The summed E-state index contributed by atoms with van der Waals surface area (Å²) in [6, 6.07) is 21.5. The topological polar surface area (TPSA) is 29.5 Å². The van der Waals surface area contributed by atoms with E-state index in [4.69, 9.17) is 4.74 Å². The Hall–Kier alpha value is -2.39. The van der Waals surface area contributed by atoms with Gasteiger partial charge in [0.25, 0.3) is 0 Å². The number of ether oxygens (including phenoxy) is 1. The number of hydrogen-bond donors (Lipinski definition) is 0. The van der Waals surface area contributed by atoms with E-state index < -0.39 is 5.60 Å². The van der Waals surface area contributed by atoms with Gasteiger partial charge in [-0.3, -0.25) is 9.69 Å². The molecule has 166 valence electrons. The second kappa shape index (κ2) is 10.3. The van der Waals surface area contributed by atoms with Crippen LogP contribution in [0, 0.1) is 11.8 Å². The van der Waals surface area contributed by atoms with Gasteiger partial charge in [-0.05, 0) is 64.0 Å². The fourth-order valence-electron chi connectivity index (χ4n) is 4.95. The fraction of sp³-hybridized carbons (Fsp3) is 0.464. The predicted octanol–water partition coefficient (Wildman–Crippen LogP) is 6.21. The maximum absolute atomic E-state index is 13.3. The third kappa shape index (κ3) is 6.07. The number of esters is 1. The molecule has 1 saturated carbocycles. The van der Waals surface area contributed by atoms with Crippen LogP contribution in [0.15, 0.2) is 73.3 Å². The van der Waals surface area contributed by atoms with Gasteiger partial charge in [0.1, 0.15) is 5.60 Å². The molecule has 0 amide bonds. The molecule has 0 unspecified atom stereocenters. The summed E-state index contributed by atoms with van der Waals surface area (Å²) in [7, 11) is 0. The minimum absolute atomic E-state index is 0.0672. The third-order valence-electron chi connectivity index (χ3n) is 6.30. The zero-order valence-electron chi connectivity index (χ0n) is 19.5. The maximum atomic E-state index is 13.3. The first-order chi connectivity index (χ1) is 14.8. The van der Waals surface area contributed by atoms with Crippen LogP contribution >= 0.6 is 0 Å². The Morgan fingerprint density at radius 1 is 1.10 bits per heavy atom. The molecule has 1 aliphatic carbocycles. The van der Waals surface area contributed by atoms with Gasteiger partial charge >= 0.3 is 5.97 Å². The molecular weight excluding hydrogens is 382 g/mol. The Bertz CT molecular complexity index is 840. The monoisotopic (exact) mass is 419 g/mol. The lowest BCUT2D eigenvalue weighted by Crippen LogP contribution is -2.47. The molecule has 2 aromatic rings. The van der Waals surface area contributed by atoms with Crippen LogP contribution in [-0.4, -0.2) is 29.1 Å². The summed E-state index contributed by atoms with van der Waals surface area (Å²) in [6.45, 7) is 12.9. The lowest BCUT2D eigenvalue weighted by molar-refractivity contribution is -0.162. The first-order valence-corrected chi connectivity index (χ1v) is 11.5. The zero-order valence-corrected chi connectivity index (χ0v) is 19.5. The average Bonchev–Trinajstić information content (AvgIpc) is 3.15. The molecule has 31 heavy (non-hydrogen) atoms. The molecule has 0 heterocycles. The van der Waals surface area contributed by atoms with E-state index in [0.29, 0.717) is 5.92 Å². The Morgan fingerprint density at radius 2 is 1.71 bits per heavy atom. The van der Waals surface area contributed by atoms with Crippen molar-refractivity contribution in [1.29, 1.82) is 0 Å². The number of carbonyl (C=O) groups is 1. The molecule has 0 radical (unpaired) electrons. The lowest BCUT2D eigenvalue weighted by Gasteiger charge is -2.40. The molecule has 1 aliphatic rings. The van der Waals surface area contributed by atoms with Gasteiger partial charge < -0.3 is 4.74 Å². The van der Waals surface area contributed by atoms with Crippen LogP contribution in [0.2, 0.25) is 0 Å². The first-order valence-electron chi connectivity index (χ1n) is 11.5. The van der Waals surface area contributed by atoms with Crippen LogP contribution in [-0.2, 0) is 16.0 Å². The predicted molar refractivity (Wildman–Crippen MR) is 128 cm³/mol. The first kappa shape index (κ1) is 23.3. The molecule has 0 spiro atoms. The largest absolute Gasteiger partial charge is 0.460 e. The van der Waals surface area contributed by atoms with Crippen molar-refractivity contribution < 1.29 is 9.53 Å². The van der Waals surface area contributed by atoms with Crippen LogP contribution in [0.25, 0.3) is 0 Å². The summed E-state index contributed by atoms with van der Waals surface area (Å²) in [4.78, 5) is 15.7.